The van der Waals surface area contributed by atoms with Gasteiger partial charge in [0.2, 0.25) is 0 Å². The minimum Gasteiger partial charge on any atom is -0.465 e. The monoisotopic (exact) mass is 377 g/mol. The second-order valence-electron chi connectivity index (χ2n) is 7.58. The van der Waals surface area contributed by atoms with E-state index < -0.39 is 6.09 Å². The van der Waals surface area contributed by atoms with Crippen LogP contribution in [-0.2, 0) is 4.79 Å². The minimum absolute atomic E-state index is 0.112. The zero-order valence-corrected chi connectivity index (χ0v) is 17.2. The fraction of sp³-hybridized carbons (Fsp3) is 0.739. The summed E-state index contributed by atoms with van der Waals surface area (Å²) in [5.74, 6) is 0.112. The van der Waals surface area contributed by atoms with Crippen LogP contribution in [0.1, 0.15) is 96.8 Å². The molecular formula is C23H39NO3. The van der Waals surface area contributed by atoms with Gasteiger partial charge in [-0.05, 0) is 51.4 Å². The van der Waals surface area contributed by atoms with E-state index >= 15 is 0 Å². The number of ketones is 1. The molecule has 1 aliphatic rings. The molecule has 27 heavy (non-hydrogen) atoms. The van der Waals surface area contributed by atoms with Crippen LogP contribution in [0.2, 0.25) is 0 Å². The summed E-state index contributed by atoms with van der Waals surface area (Å²) in [5.41, 5.74) is 0. The molecule has 1 fully saturated rings. The molecule has 1 N–H and O–H groups in total. The van der Waals surface area contributed by atoms with Crippen molar-refractivity contribution in [2.24, 2.45) is 0 Å². The van der Waals surface area contributed by atoms with Crippen molar-refractivity contribution in [2.75, 3.05) is 6.54 Å². The number of rotatable bonds is 15. The summed E-state index contributed by atoms with van der Waals surface area (Å²) < 4.78 is 0. The summed E-state index contributed by atoms with van der Waals surface area (Å²) >= 11 is 0. The number of hydrogen-bond donors (Lipinski definition) is 1. The Balaban J connectivity index is 1.93. The van der Waals surface area contributed by atoms with Crippen molar-refractivity contribution < 1.29 is 14.7 Å². The van der Waals surface area contributed by atoms with E-state index in [9.17, 15) is 9.59 Å². The van der Waals surface area contributed by atoms with E-state index in [0.717, 1.165) is 38.5 Å². The van der Waals surface area contributed by atoms with Crippen molar-refractivity contribution in [1.29, 1.82) is 0 Å². The molecule has 0 aromatic carbocycles. The maximum atomic E-state index is 12.2. The molecule has 1 aliphatic heterocycles. The Kier molecular flexibility index (Phi) is 13.4. The fourth-order valence-corrected chi connectivity index (χ4v) is 3.61. The maximum Gasteiger partial charge on any atom is 0.407 e. The van der Waals surface area contributed by atoms with Crippen LogP contribution in [0.4, 0.5) is 4.79 Å². The molecule has 1 heterocycles. The fourth-order valence-electron chi connectivity index (χ4n) is 3.61. The zero-order valence-electron chi connectivity index (χ0n) is 17.2. The predicted molar refractivity (Wildman–Crippen MR) is 112 cm³/mol. The van der Waals surface area contributed by atoms with Crippen molar-refractivity contribution in [1.82, 2.24) is 4.90 Å². The van der Waals surface area contributed by atoms with Crippen molar-refractivity contribution in [3.05, 3.63) is 24.3 Å². The van der Waals surface area contributed by atoms with Gasteiger partial charge in [-0.25, -0.2) is 4.79 Å². The van der Waals surface area contributed by atoms with E-state index in [1.807, 2.05) is 0 Å². The lowest BCUT2D eigenvalue weighted by Crippen LogP contribution is -2.39. The summed E-state index contributed by atoms with van der Waals surface area (Å²) in [5, 5.41) is 9.10. The van der Waals surface area contributed by atoms with Crippen molar-refractivity contribution >= 4 is 11.9 Å². The van der Waals surface area contributed by atoms with E-state index in [1.54, 1.807) is 0 Å². The summed E-state index contributed by atoms with van der Waals surface area (Å²) in [7, 11) is 0. The Morgan fingerprint density at radius 2 is 1.56 bits per heavy atom. The van der Waals surface area contributed by atoms with Crippen LogP contribution < -0.4 is 0 Å². The van der Waals surface area contributed by atoms with Gasteiger partial charge in [0, 0.05) is 13.0 Å². The van der Waals surface area contributed by atoms with Crippen molar-refractivity contribution in [3.8, 4) is 0 Å². The molecule has 4 heteroatoms. The molecule has 154 valence electrons. The SMILES string of the molecule is CCCCC/C=C\C/C=C\CCCCCCCC(=O)C1CCCN1C(=O)O. The van der Waals surface area contributed by atoms with Crippen molar-refractivity contribution in [3.63, 3.8) is 0 Å². The highest BCUT2D eigenvalue weighted by Crippen LogP contribution is 2.20. The number of likely N-dealkylation sites (tertiary alicyclic amines) is 1. The third-order valence-corrected chi connectivity index (χ3v) is 5.24. The van der Waals surface area contributed by atoms with Gasteiger partial charge in [0.1, 0.15) is 0 Å². The van der Waals surface area contributed by atoms with Crippen LogP contribution in [0.5, 0.6) is 0 Å². The van der Waals surface area contributed by atoms with Crippen LogP contribution in [0, 0.1) is 0 Å². The number of Topliss-reactive ketones (excluding diaryl/α,β-unsaturated/α-hetero) is 1. The number of amides is 1. The molecule has 1 rings (SSSR count). The number of carboxylic acid groups (broad SMARTS) is 1. The Labute approximate surface area is 165 Å². The number of allylic oxidation sites excluding steroid dienone is 4. The largest absolute Gasteiger partial charge is 0.465 e. The second kappa shape index (κ2) is 15.5. The van der Waals surface area contributed by atoms with E-state index in [2.05, 4.69) is 31.2 Å². The highest BCUT2D eigenvalue weighted by Gasteiger charge is 2.33. The summed E-state index contributed by atoms with van der Waals surface area (Å²) in [4.78, 5) is 24.6. The van der Waals surface area contributed by atoms with Gasteiger partial charge in [-0.15, -0.1) is 0 Å². The summed E-state index contributed by atoms with van der Waals surface area (Å²) in [6, 6.07) is -0.381. The third-order valence-electron chi connectivity index (χ3n) is 5.24. The van der Waals surface area contributed by atoms with Gasteiger partial charge in [0.15, 0.2) is 5.78 Å². The van der Waals surface area contributed by atoms with Crippen LogP contribution in [0.15, 0.2) is 24.3 Å². The van der Waals surface area contributed by atoms with Gasteiger partial charge < -0.3 is 5.11 Å². The molecule has 1 amide bonds. The molecule has 0 aromatic heterocycles. The maximum absolute atomic E-state index is 12.2. The molecule has 0 spiro atoms. The van der Waals surface area contributed by atoms with Gasteiger partial charge in [-0.1, -0.05) is 63.3 Å². The minimum atomic E-state index is -0.953. The topological polar surface area (TPSA) is 57.6 Å². The summed E-state index contributed by atoms with van der Waals surface area (Å²) in [6.07, 6.45) is 23.0. The Hall–Kier alpha value is -1.58. The lowest BCUT2D eigenvalue weighted by molar-refractivity contribution is -0.123. The van der Waals surface area contributed by atoms with Gasteiger partial charge in [-0.2, -0.15) is 0 Å². The molecule has 0 saturated carbocycles. The average molecular weight is 378 g/mol. The Morgan fingerprint density at radius 3 is 2.22 bits per heavy atom. The van der Waals surface area contributed by atoms with Crippen LogP contribution in [0.3, 0.4) is 0 Å². The van der Waals surface area contributed by atoms with Gasteiger partial charge >= 0.3 is 6.09 Å². The lowest BCUT2D eigenvalue weighted by Gasteiger charge is -2.20. The standard InChI is InChI=1S/C23H39NO3/c1-2-3-4-5-6-7-8-9-10-11-12-13-14-15-16-19-22(25)21-18-17-20-24(21)23(26)27/h6-7,9-10,21H,2-5,8,11-20H2,1H3,(H,26,27)/b7-6-,10-9-. The highest BCUT2D eigenvalue weighted by atomic mass is 16.4. The Morgan fingerprint density at radius 1 is 0.926 bits per heavy atom. The first-order chi connectivity index (χ1) is 13.2. The lowest BCUT2D eigenvalue weighted by atomic mass is 10.0. The van der Waals surface area contributed by atoms with Crippen LogP contribution >= 0.6 is 0 Å². The first-order valence-electron chi connectivity index (χ1n) is 11.0. The molecule has 4 nitrogen and oxygen atoms in total. The molecule has 0 bridgehead atoms. The quantitative estimate of drug-likeness (QED) is 0.261. The third kappa shape index (κ3) is 11.0. The molecule has 0 aliphatic carbocycles. The van der Waals surface area contributed by atoms with E-state index in [1.165, 1.54) is 43.4 Å². The molecule has 1 atom stereocenters. The average Bonchev–Trinajstić information content (AvgIpc) is 3.15. The predicted octanol–water partition coefficient (Wildman–Crippen LogP) is 6.51. The Bertz CT molecular complexity index is 470. The smallest absolute Gasteiger partial charge is 0.407 e. The molecule has 1 unspecified atom stereocenters. The number of carbonyl (C=O) groups excluding carboxylic acids is 1. The van der Waals surface area contributed by atoms with E-state index in [0.29, 0.717) is 19.4 Å². The van der Waals surface area contributed by atoms with Gasteiger partial charge in [0.25, 0.3) is 0 Å². The van der Waals surface area contributed by atoms with E-state index in [4.69, 9.17) is 5.11 Å². The first-order valence-corrected chi connectivity index (χ1v) is 11.0. The normalized spacial score (nSPS) is 17.4. The number of hydrogen-bond acceptors (Lipinski definition) is 2. The number of nitrogens with zero attached hydrogens (tertiary/aromatic N) is 1. The molecular weight excluding hydrogens is 338 g/mol. The first kappa shape index (κ1) is 23.5. The highest BCUT2D eigenvalue weighted by molar-refractivity contribution is 5.87. The summed E-state index contributed by atoms with van der Waals surface area (Å²) in [6.45, 7) is 2.74. The second-order valence-corrected chi connectivity index (χ2v) is 7.58. The zero-order chi connectivity index (χ0) is 19.7. The van der Waals surface area contributed by atoms with Gasteiger partial charge in [0.05, 0.1) is 6.04 Å². The van der Waals surface area contributed by atoms with Crippen LogP contribution in [0.25, 0.3) is 0 Å². The molecule has 1 saturated heterocycles. The van der Waals surface area contributed by atoms with Crippen LogP contribution in [-0.4, -0.2) is 34.5 Å². The molecule has 0 aromatic rings. The molecule has 0 radical (unpaired) electrons. The number of carbonyl (C=O) groups is 2. The number of unbranched alkanes of at least 4 members (excludes halogenated alkanes) is 8. The van der Waals surface area contributed by atoms with E-state index in [-0.39, 0.29) is 11.8 Å². The van der Waals surface area contributed by atoms with Crippen molar-refractivity contribution in [2.45, 2.75) is 103 Å². The van der Waals surface area contributed by atoms with Gasteiger partial charge in [-0.3, -0.25) is 9.69 Å².